The zero-order chi connectivity index (χ0) is 15.2. The average Bonchev–Trinajstić information content (AvgIpc) is 3.02. The third-order valence-electron chi connectivity index (χ3n) is 4.27. The van der Waals surface area contributed by atoms with Crippen molar-refractivity contribution in [1.82, 2.24) is 4.90 Å². The minimum atomic E-state index is -0.861. The zero-order valence-corrected chi connectivity index (χ0v) is 12.4. The van der Waals surface area contributed by atoms with Gasteiger partial charge in [0.05, 0.1) is 5.41 Å². The lowest BCUT2D eigenvalue weighted by Gasteiger charge is -2.22. The number of rotatable bonds is 2. The molecule has 1 aromatic rings. The van der Waals surface area contributed by atoms with Gasteiger partial charge in [0.1, 0.15) is 5.75 Å². The van der Waals surface area contributed by atoms with Gasteiger partial charge in [-0.1, -0.05) is 11.6 Å². The van der Waals surface area contributed by atoms with Crippen LogP contribution in [0.5, 0.6) is 5.75 Å². The molecule has 2 heterocycles. The molecule has 1 fully saturated rings. The van der Waals surface area contributed by atoms with E-state index in [4.69, 9.17) is 16.3 Å². The standard InChI is InChI=1S/C15H16ClNO4/c1-15(14(19)20)4-5-17(8-15)13(18)12-7-9-6-10(16)2-3-11(9)21-12/h2-3,6,12H,4-5,7-8H2,1H3,(H,19,20)/t12-,15+/m1/s1. The fourth-order valence-electron chi connectivity index (χ4n) is 2.88. The number of likely N-dealkylation sites (tertiary alicyclic amines) is 1. The van der Waals surface area contributed by atoms with Crippen molar-refractivity contribution in [2.24, 2.45) is 5.41 Å². The number of benzene rings is 1. The number of carbonyl (C=O) groups excluding carboxylic acids is 1. The number of ether oxygens (including phenoxy) is 1. The van der Waals surface area contributed by atoms with Gasteiger partial charge in [-0.05, 0) is 37.1 Å². The summed E-state index contributed by atoms with van der Waals surface area (Å²) in [6.45, 7) is 2.36. The third-order valence-corrected chi connectivity index (χ3v) is 4.51. The molecule has 0 bridgehead atoms. The second kappa shape index (κ2) is 4.91. The van der Waals surface area contributed by atoms with E-state index in [1.54, 1.807) is 30.0 Å². The highest BCUT2D eigenvalue weighted by Crippen LogP contribution is 2.34. The van der Waals surface area contributed by atoms with Crippen molar-refractivity contribution in [3.8, 4) is 5.75 Å². The van der Waals surface area contributed by atoms with Crippen molar-refractivity contribution >= 4 is 23.5 Å². The van der Waals surface area contributed by atoms with Gasteiger partial charge < -0.3 is 14.7 Å². The second-order valence-electron chi connectivity index (χ2n) is 5.94. The highest BCUT2D eigenvalue weighted by atomic mass is 35.5. The van der Waals surface area contributed by atoms with E-state index in [2.05, 4.69) is 0 Å². The number of carbonyl (C=O) groups is 2. The van der Waals surface area contributed by atoms with Crippen LogP contribution in [-0.2, 0) is 16.0 Å². The molecule has 112 valence electrons. The van der Waals surface area contributed by atoms with Crippen molar-refractivity contribution in [3.05, 3.63) is 28.8 Å². The second-order valence-corrected chi connectivity index (χ2v) is 6.37. The normalized spacial score (nSPS) is 27.3. The van der Waals surface area contributed by atoms with Gasteiger partial charge in [0, 0.05) is 24.5 Å². The fourth-order valence-corrected chi connectivity index (χ4v) is 3.08. The molecule has 2 aliphatic rings. The average molecular weight is 310 g/mol. The number of aliphatic carboxylic acids is 1. The van der Waals surface area contributed by atoms with E-state index in [0.29, 0.717) is 30.2 Å². The first kappa shape index (κ1) is 14.2. The molecule has 3 rings (SSSR count). The quantitative estimate of drug-likeness (QED) is 0.907. The maximum absolute atomic E-state index is 12.5. The number of halogens is 1. The van der Waals surface area contributed by atoms with Crippen molar-refractivity contribution in [2.45, 2.75) is 25.9 Å². The van der Waals surface area contributed by atoms with Crippen molar-refractivity contribution in [1.29, 1.82) is 0 Å². The molecule has 5 nitrogen and oxygen atoms in total. The van der Waals surface area contributed by atoms with E-state index in [1.807, 2.05) is 0 Å². The lowest BCUT2D eigenvalue weighted by Crippen LogP contribution is -2.42. The van der Waals surface area contributed by atoms with E-state index in [0.717, 1.165) is 5.56 Å². The van der Waals surface area contributed by atoms with Crippen LogP contribution in [0.3, 0.4) is 0 Å². The van der Waals surface area contributed by atoms with Crippen LogP contribution >= 0.6 is 11.6 Å². The Balaban J connectivity index is 1.70. The number of fused-ring (bicyclic) bond motifs is 1. The molecule has 0 radical (unpaired) electrons. The van der Waals surface area contributed by atoms with Crippen molar-refractivity contribution < 1.29 is 19.4 Å². The highest BCUT2D eigenvalue weighted by molar-refractivity contribution is 6.30. The minimum Gasteiger partial charge on any atom is -0.481 e. The Bertz CT molecular complexity index is 618. The molecular formula is C15H16ClNO4. The van der Waals surface area contributed by atoms with E-state index in [-0.39, 0.29) is 12.5 Å². The van der Waals surface area contributed by atoms with Crippen LogP contribution < -0.4 is 4.74 Å². The van der Waals surface area contributed by atoms with E-state index >= 15 is 0 Å². The topological polar surface area (TPSA) is 66.8 Å². The Hall–Kier alpha value is -1.75. The lowest BCUT2D eigenvalue weighted by atomic mass is 9.90. The number of hydrogen-bond acceptors (Lipinski definition) is 3. The summed E-state index contributed by atoms with van der Waals surface area (Å²) in [6.07, 6.45) is 0.379. The van der Waals surface area contributed by atoms with Gasteiger partial charge in [-0.3, -0.25) is 9.59 Å². The molecule has 2 atom stereocenters. The first-order chi connectivity index (χ1) is 9.89. The number of amides is 1. The van der Waals surface area contributed by atoms with Crippen molar-refractivity contribution in [3.63, 3.8) is 0 Å². The first-order valence-corrected chi connectivity index (χ1v) is 7.24. The molecule has 1 saturated heterocycles. The van der Waals surface area contributed by atoms with Gasteiger partial charge in [-0.25, -0.2) is 0 Å². The molecule has 0 unspecified atom stereocenters. The monoisotopic (exact) mass is 309 g/mol. The van der Waals surface area contributed by atoms with Crippen LogP contribution in [0.1, 0.15) is 18.9 Å². The first-order valence-electron chi connectivity index (χ1n) is 6.86. The molecular weight excluding hydrogens is 294 g/mol. The molecule has 0 aromatic heterocycles. The highest BCUT2D eigenvalue weighted by Gasteiger charge is 2.44. The van der Waals surface area contributed by atoms with E-state index in [9.17, 15) is 14.7 Å². The van der Waals surface area contributed by atoms with Crippen LogP contribution in [0.15, 0.2) is 18.2 Å². The smallest absolute Gasteiger partial charge is 0.311 e. The summed E-state index contributed by atoms with van der Waals surface area (Å²) in [5, 5.41) is 9.84. The largest absolute Gasteiger partial charge is 0.481 e. The molecule has 21 heavy (non-hydrogen) atoms. The van der Waals surface area contributed by atoms with Gasteiger partial charge in [0.15, 0.2) is 6.10 Å². The maximum Gasteiger partial charge on any atom is 0.311 e. The van der Waals surface area contributed by atoms with Gasteiger partial charge in [0.25, 0.3) is 5.91 Å². The molecule has 0 aliphatic carbocycles. The summed E-state index contributed by atoms with van der Waals surface area (Å²) in [7, 11) is 0. The summed E-state index contributed by atoms with van der Waals surface area (Å²) in [4.78, 5) is 25.3. The molecule has 6 heteroatoms. The Labute approximate surface area is 127 Å². The van der Waals surface area contributed by atoms with Crippen LogP contribution in [-0.4, -0.2) is 41.1 Å². The number of nitrogens with zero attached hydrogens (tertiary/aromatic N) is 1. The Morgan fingerprint density at radius 1 is 1.48 bits per heavy atom. The summed E-state index contributed by atoms with van der Waals surface area (Å²) in [6, 6.07) is 5.29. The summed E-state index contributed by atoms with van der Waals surface area (Å²) in [5.41, 5.74) is 0.0609. The lowest BCUT2D eigenvalue weighted by molar-refractivity contribution is -0.147. The van der Waals surface area contributed by atoms with Crippen LogP contribution in [0.4, 0.5) is 0 Å². The van der Waals surface area contributed by atoms with Gasteiger partial charge in [-0.2, -0.15) is 0 Å². The van der Waals surface area contributed by atoms with Gasteiger partial charge in [-0.15, -0.1) is 0 Å². The molecule has 1 amide bonds. The minimum absolute atomic E-state index is 0.146. The Morgan fingerprint density at radius 2 is 2.24 bits per heavy atom. The van der Waals surface area contributed by atoms with Crippen LogP contribution in [0.25, 0.3) is 0 Å². The third kappa shape index (κ3) is 2.46. The zero-order valence-electron chi connectivity index (χ0n) is 11.6. The number of hydrogen-bond donors (Lipinski definition) is 1. The predicted molar refractivity (Wildman–Crippen MR) is 76.5 cm³/mol. The fraction of sp³-hybridized carbons (Fsp3) is 0.467. The van der Waals surface area contributed by atoms with Gasteiger partial charge >= 0.3 is 5.97 Å². The maximum atomic E-state index is 12.5. The molecule has 0 saturated carbocycles. The summed E-state index contributed by atoms with van der Waals surface area (Å²) in [5.74, 6) is -0.328. The van der Waals surface area contributed by atoms with E-state index in [1.165, 1.54) is 0 Å². The number of carboxylic acid groups (broad SMARTS) is 1. The van der Waals surface area contributed by atoms with Crippen molar-refractivity contribution in [2.75, 3.05) is 13.1 Å². The SMILES string of the molecule is C[C@]1(C(=O)O)CCN(C(=O)[C@H]2Cc3cc(Cl)ccc3O2)C1. The molecule has 1 aromatic carbocycles. The predicted octanol–water partition coefficient (Wildman–Crippen LogP) is 1.97. The Morgan fingerprint density at radius 3 is 2.90 bits per heavy atom. The van der Waals surface area contributed by atoms with Crippen LogP contribution in [0.2, 0.25) is 5.02 Å². The van der Waals surface area contributed by atoms with E-state index < -0.39 is 17.5 Å². The summed E-state index contributed by atoms with van der Waals surface area (Å²) < 4.78 is 5.67. The Kier molecular flexibility index (Phi) is 3.32. The molecule has 1 N–H and O–H groups in total. The van der Waals surface area contributed by atoms with Crippen LogP contribution in [0, 0.1) is 5.41 Å². The molecule has 2 aliphatic heterocycles. The number of carboxylic acids is 1. The van der Waals surface area contributed by atoms with Gasteiger partial charge in [0.2, 0.25) is 0 Å². The molecule has 0 spiro atoms. The summed E-state index contributed by atoms with van der Waals surface area (Å²) >= 11 is 5.93.